The molecule has 98 valence electrons. The number of benzene rings is 2. The van der Waals surface area contributed by atoms with Crippen molar-refractivity contribution >= 4 is 21.6 Å². The number of rotatable bonds is 3. The standard InChI is InChI=1S/C14H11BrFNO2/c15-11-6-10(16)2-3-12(11)17-7-9-1-4-13-14(5-9)19-8-18-13/h1-6,17H,7-8H2. The van der Waals surface area contributed by atoms with Crippen molar-refractivity contribution in [1.29, 1.82) is 0 Å². The van der Waals surface area contributed by atoms with Crippen molar-refractivity contribution in [2.45, 2.75) is 6.54 Å². The fourth-order valence-corrected chi connectivity index (χ4v) is 2.37. The molecule has 0 saturated heterocycles. The van der Waals surface area contributed by atoms with Crippen LogP contribution in [0.3, 0.4) is 0 Å². The minimum atomic E-state index is -0.263. The number of hydrogen-bond acceptors (Lipinski definition) is 3. The van der Waals surface area contributed by atoms with Crippen LogP contribution in [-0.4, -0.2) is 6.79 Å². The summed E-state index contributed by atoms with van der Waals surface area (Å²) in [5, 5.41) is 3.24. The highest BCUT2D eigenvalue weighted by Crippen LogP contribution is 2.33. The van der Waals surface area contributed by atoms with Crippen LogP contribution in [0, 0.1) is 5.82 Å². The first-order chi connectivity index (χ1) is 9.22. The van der Waals surface area contributed by atoms with Crippen LogP contribution in [-0.2, 0) is 6.54 Å². The highest BCUT2D eigenvalue weighted by Gasteiger charge is 2.13. The Morgan fingerprint density at radius 2 is 1.95 bits per heavy atom. The van der Waals surface area contributed by atoms with Gasteiger partial charge in [0.2, 0.25) is 6.79 Å². The maximum atomic E-state index is 13.0. The van der Waals surface area contributed by atoms with Crippen molar-refractivity contribution in [2.24, 2.45) is 0 Å². The van der Waals surface area contributed by atoms with Crippen molar-refractivity contribution < 1.29 is 13.9 Å². The van der Waals surface area contributed by atoms with Crippen molar-refractivity contribution in [3.63, 3.8) is 0 Å². The number of anilines is 1. The summed E-state index contributed by atoms with van der Waals surface area (Å²) in [4.78, 5) is 0. The van der Waals surface area contributed by atoms with Crippen molar-refractivity contribution in [1.82, 2.24) is 0 Å². The Balaban J connectivity index is 1.72. The largest absolute Gasteiger partial charge is 0.454 e. The molecule has 0 spiro atoms. The van der Waals surface area contributed by atoms with E-state index in [2.05, 4.69) is 21.2 Å². The minimum absolute atomic E-state index is 0.263. The van der Waals surface area contributed by atoms with Gasteiger partial charge in [0, 0.05) is 16.7 Å². The molecule has 1 aliphatic rings. The first-order valence-electron chi connectivity index (χ1n) is 5.80. The van der Waals surface area contributed by atoms with E-state index in [-0.39, 0.29) is 12.6 Å². The maximum absolute atomic E-state index is 13.0. The van der Waals surface area contributed by atoms with Crippen LogP contribution in [0.2, 0.25) is 0 Å². The van der Waals surface area contributed by atoms with E-state index in [9.17, 15) is 4.39 Å². The van der Waals surface area contributed by atoms with Crippen LogP contribution in [0.5, 0.6) is 11.5 Å². The lowest BCUT2D eigenvalue weighted by molar-refractivity contribution is 0.174. The first-order valence-corrected chi connectivity index (χ1v) is 6.59. The number of hydrogen-bond donors (Lipinski definition) is 1. The van der Waals surface area contributed by atoms with Gasteiger partial charge in [-0.2, -0.15) is 0 Å². The summed E-state index contributed by atoms with van der Waals surface area (Å²) in [5.41, 5.74) is 1.92. The molecule has 3 nitrogen and oxygen atoms in total. The van der Waals surface area contributed by atoms with Crippen LogP contribution in [0.1, 0.15) is 5.56 Å². The lowest BCUT2D eigenvalue weighted by atomic mass is 10.2. The van der Waals surface area contributed by atoms with Crippen molar-refractivity contribution in [2.75, 3.05) is 12.1 Å². The number of fused-ring (bicyclic) bond motifs is 1. The summed E-state index contributed by atoms with van der Waals surface area (Å²) in [6.07, 6.45) is 0. The molecule has 0 aromatic heterocycles. The van der Waals surface area contributed by atoms with Crippen LogP contribution in [0.4, 0.5) is 10.1 Å². The zero-order chi connectivity index (χ0) is 13.2. The van der Waals surface area contributed by atoms with Gasteiger partial charge in [0.05, 0.1) is 0 Å². The average molecular weight is 324 g/mol. The Bertz CT molecular complexity index is 618. The monoisotopic (exact) mass is 323 g/mol. The van der Waals surface area contributed by atoms with Gasteiger partial charge in [-0.15, -0.1) is 0 Å². The summed E-state index contributed by atoms with van der Waals surface area (Å²) in [5.74, 6) is 1.27. The lowest BCUT2D eigenvalue weighted by Gasteiger charge is -2.09. The molecule has 0 fully saturated rings. The lowest BCUT2D eigenvalue weighted by Crippen LogP contribution is -2.00. The summed E-state index contributed by atoms with van der Waals surface area (Å²) in [6, 6.07) is 10.4. The highest BCUT2D eigenvalue weighted by atomic mass is 79.9. The molecule has 2 aromatic carbocycles. The SMILES string of the molecule is Fc1ccc(NCc2ccc3c(c2)OCO3)c(Br)c1. The maximum Gasteiger partial charge on any atom is 0.231 e. The average Bonchev–Trinajstić information content (AvgIpc) is 2.85. The Morgan fingerprint density at radius 3 is 2.79 bits per heavy atom. The summed E-state index contributed by atoms with van der Waals surface area (Å²) < 4.78 is 24.3. The molecule has 0 amide bonds. The molecule has 0 atom stereocenters. The van der Waals surface area contributed by atoms with Gasteiger partial charge in [-0.05, 0) is 51.8 Å². The Labute approximate surface area is 118 Å². The summed E-state index contributed by atoms with van der Waals surface area (Å²) >= 11 is 3.32. The predicted molar refractivity (Wildman–Crippen MR) is 74.0 cm³/mol. The molecule has 0 aliphatic carbocycles. The van der Waals surface area contributed by atoms with Crippen LogP contribution >= 0.6 is 15.9 Å². The molecule has 19 heavy (non-hydrogen) atoms. The molecule has 1 N–H and O–H groups in total. The van der Waals surface area contributed by atoms with Gasteiger partial charge < -0.3 is 14.8 Å². The highest BCUT2D eigenvalue weighted by molar-refractivity contribution is 9.10. The third kappa shape index (κ3) is 2.66. The van der Waals surface area contributed by atoms with E-state index in [0.29, 0.717) is 11.0 Å². The van der Waals surface area contributed by atoms with Crippen LogP contribution in [0.15, 0.2) is 40.9 Å². The van der Waals surface area contributed by atoms with Gasteiger partial charge in [0.15, 0.2) is 11.5 Å². The van der Waals surface area contributed by atoms with Gasteiger partial charge in [0.1, 0.15) is 5.82 Å². The minimum Gasteiger partial charge on any atom is -0.454 e. The summed E-state index contributed by atoms with van der Waals surface area (Å²) in [6.45, 7) is 0.899. The van der Waals surface area contributed by atoms with Gasteiger partial charge in [-0.1, -0.05) is 6.07 Å². The summed E-state index contributed by atoms with van der Waals surface area (Å²) in [7, 11) is 0. The zero-order valence-electron chi connectivity index (χ0n) is 9.95. The normalized spacial score (nSPS) is 12.5. The topological polar surface area (TPSA) is 30.5 Å². The van der Waals surface area contributed by atoms with E-state index in [4.69, 9.17) is 9.47 Å². The van der Waals surface area contributed by atoms with Gasteiger partial charge in [-0.3, -0.25) is 0 Å². The Morgan fingerprint density at radius 1 is 1.11 bits per heavy atom. The third-order valence-electron chi connectivity index (χ3n) is 2.85. The molecular weight excluding hydrogens is 313 g/mol. The number of ether oxygens (including phenoxy) is 2. The molecule has 0 radical (unpaired) electrons. The fourth-order valence-electron chi connectivity index (χ4n) is 1.88. The second kappa shape index (κ2) is 5.09. The predicted octanol–water partition coefficient (Wildman–Crippen LogP) is 3.93. The molecule has 1 heterocycles. The van der Waals surface area contributed by atoms with E-state index >= 15 is 0 Å². The molecular formula is C14H11BrFNO2. The second-order valence-corrected chi connectivity index (χ2v) is 5.02. The molecule has 3 rings (SSSR count). The smallest absolute Gasteiger partial charge is 0.231 e. The second-order valence-electron chi connectivity index (χ2n) is 4.17. The van der Waals surface area contributed by atoms with E-state index in [1.807, 2.05) is 18.2 Å². The first kappa shape index (κ1) is 12.3. The fraction of sp³-hybridized carbons (Fsp3) is 0.143. The Kier molecular flexibility index (Phi) is 3.29. The van der Waals surface area contributed by atoms with Crippen molar-refractivity contribution in [3.05, 3.63) is 52.3 Å². The van der Waals surface area contributed by atoms with Gasteiger partial charge in [0.25, 0.3) is 0 Å². The molecule has 5 heteroatoms. The Hall–Kier alpha value is -1.75. The van der Waals surface area contributed by atoms with Crippen LogP contribution < -0.4 is 14.8 Å². The molecule has 0 saturated carbocycles. The van der Waals surface area contributed by atoms with E-state index < -0.39 is 0 Å². The van der Waals surface area contributed by atoms with Crippen molar-refractivity contribution in [3.8, 4) is 11.5 Å². The zero-order valence-corrected chi connectivity index (χ0v) is 11.5. The molecule has 0 bridgehead atoms. The molecule has 1 aliphatic heterocycles. The van der Waals surface area contributed by atoms with Gasteiger partial charge >= 0.3 is 0 Å². The van der Waals surface area contributed by atoms with E-state index in [1.54, 1.807) is 6.07 Å². The number of halogens is 2. The molecule has 0 unspecified atom stereocenters. The quantitative estimate of drug-likeness (QED) is 0.928. The van der Waals surface area contributed by atoms with Gasteiger partial charge in [-0.25, -0.2) is 4.39 Å². The van der Waals surface area contributed by atoms with Crippen LogP contribution in [0.25, 0.3) is 0 Å². The third-order valence-corrected chi connectivity index (χ3v) is 3.51. The molecule has 2 aromatic rings. The van der Waals surface area contributed by atoms with E-state index in [1.165, 1.54) is 12.1 Å². The van der Waals surface area contributed by atoms with E-state index in [0.717, 1.165) is 22.7 Å². The number of nitrogens with one attached hydrogen (secondary N) is 1.